The zero-order valence-electron chi connectivity index (χ0n) is 10.1. The van der Waals surface area contributed by atoms with Crippen LogP contribution in [0.2, 0.25) is 0 Å². The molecule has 1 aromatic rings. The van der Waals surface area contributed by atoms with Crippen LogP contribution >= 0.6 is 0 Å². The highest BCUT2D eigenvalue weighted by Gasteiger charge is 2.19. The summed E-state index contributed by atoms with van der Waals surface area (Å²) in [6, 6.07) is 1.86. The molecule has 0 radical (unpaired) electrons. The van der Waals surface area contributed by atoms with E-state index in [9.17, 15) is 9.59 Å². The number of aromatic nitrogens is 1. The number of rotatable bonds is 5. The average molecular weight is 253 g/mol. The van der Waals surface area contributed by atoms with E-state index in [1.807, 2.05) is 14.1 Å². The Hall–Kier alpha value is -2.15. The number of carboxylic acids is 1. The summed E-state index contributed by atoms with van der Waals surface area (Å²) >= 11 is 0. The number of anilines is 1. The van der Waals surface area contributed by atoms with Crippen LogP contribution in [0.3, 0.4) is 0 Å². The molecule has 18 heavy (non-hydrogen) atoms. The van der Waals surface area contributed by atoms with Gasteiger partial charge in [0.2, 0.25) is 0 Å². The fraction of sp³-hybridized carbons (Fsp3) is 0.364. The predicted molar refractivity (Wildman–Crippen MR) is 64.5 cm³/mol. The Kier molecular flexibility index (Phi) is 4.61. The molecular weight excluding hydrogens is 238 g/mol. The van der Waals surface area contributed by atoms with E-state index in [0.717, 1.165) is 0 Å². The molecule has 1 heterocycles. The molecule has 0 aliphatic carbocycles. The van der Waals surface area contributed by atoms with Gasteiger partial charge in [0, 0.05) is 20.3 Å². The van der Waals surface area contributed by atoms with Crippen molar-refractivity contribution in [3.63, 3.8) is 0 Å². The van der Waals surface area contributed by atoms with Gasteiger partial charge in [-0.15, -0.1) is 0 Å². The van der Waals surface area contributed by atoms with Gasteiger partial charge in [0.1, 0.15) is 5.82 Å². The Morgan fingerprint density at radius 2 is 2.11 bits per heavy atom. The Balaban J connectivity index is 2.75. The maximum Gasteiger partial charge on any atom is 0.328 e. The smallest absolute Gasteiger partial charge is 0.328 e. The number of nitrogens with zero attached hydrogens (tertiary/aromatic N) is 2. The van der Waals surface area contributed by atoms with Crippen molar-refractivity contribution in [2.24, 2.45) is 0 Å². The molecule has 1 amide bonds. The number of carboxylic acid groups (broad SMARTS) is 1. The Bertz CT molecular complexity index is 430. The van der Waals surface area contributed by atoms with Crippen LogP contribution in [0.25, 0.3) is 0 Å². The SMILES string of the molecule is CN(C)c1ccc(C(=O)N[C@@H](CO)C(=O)O)cn1. The Morgan fingerprint density at radius 3 is 2.50 bits per heavy atom. The van der Waals surface area contributed by atoms with Crippen LogP contribution in [0.5, 0.6) is 0 Å². The number of aliphatic hydroxyl groups is 1. The number of amides is 1. The largest absolute Gasteiger partial charge is 0.480 e. The Morgan fingerprint density at radius 1 is 1.44 bits per heavy atom. The van der Waals surface area contributed by atoms with E-state index in [4.69, 9.17) is 10.2 Å². The molecule has 0 saturated heterocycles. The third kappa shape index (κ3) is 3.42. The zero-order chi connectivity index (χ0) is 13.7. The average Bonchev–Trinajstić information content (AvgIpc) is 2.35. The van der Waals surface area contributed by atoms with Crippen molar-refractivity contribution < 1.29 is 19.8 Å². The minimum Gasteiger partial charge on any atom is -0.480 e. The molecule has 0 aromatic carbocycles. The second kappa shape index (κ2) is 5.97. The fourth-order valence-corrected chi connectivity index (χ4v) is 1.21. The normalized spacial score (nSPS) is 11.7. The van der Waals surface area contributed by atoms with Gasteiger partial charge in [-0.05, 0) is 12.1 Å². The van der Waals surface area contributed by atoms with Crippen LogP contribution in [0.4, 0.5) is 5.82 Å². The van der Waals surface area contributed by atoms with Crippen molar-refractivity contribution in [2.45, 2.75) is 6.04 Å². The molecule has 1 rings (SSSR count). The molecule has 0 fully saturated rings. The minimum atomic E-state index is -1.31. The van der Waals surface area contributed by atoms with Crippen molar-refractivity contribution in [3.05, 3.63) is 23.9 Å². The van der Waals surface area contributed by atoms with Crippen LogP contribution < -0.4 is 10.2 Å². The summed E-state index contributed by atoms with van der Waals surface area (Å²) in [6.45, 7) is -0.662. The van der Waals surface area contributed by atoms with Gasteiger partial charge in [-0.25, -0.2) is 9.78 Å². The Labute approximate surface area is 104 Å². The summed E-state index contributed by atoms with van der Waals surface area (Å²) < 4.78 is 0. The van der Waals surface area contributed by atoms with Crippen LogP contribution in [0.15, 0.2) is 18.3 Å². The molecule has 0 bridgehead atoms. The van der Waals surface area contributed by atoms with E-state index in [0.29, 0.717) is 5.82 Å². The van der Waals surface area contributed by atoms with E-state index < -0.39 is 24.5 Å². The highest BCUT2D eigenvalue weighted by Crippen LogP contribution is 2.07. The number of aliphatic carboxylic acids is 1. The third-order valence-electron chi connectivity index (χ3n) is 2.25. The molecule has 7 heteroatoms. The highest BCUT2D eigenvalue weighted by molar-refractivity contribution is 5.96. The van der Waals surface area contributed by atoms with E-state index in [2.05, 4.69) is 10.3 Å². The first-order chi connectivity index (χ1) is 8.45. The number of hydrogen-bond donors (Lipinski definition) is 3. The first-order valence-corrected chi connectivity index (χ1v) is 5.23. The molecular formula is C11H15N3O4. The monoisotopic (exact) mass is 253 g/mol. The molecule has 3 N–H and O–H groups in total. The van der Waals surface area contributed by atoms with Gasteiger partial charge in [0.05, 0.1) is 12.2 Å². The molecule has 0 spiro atoms. The molecule has 0 aliphatic heterocycles. The summed E-state index contributed by atoms with van der Waals surface area (Å²) in [5.41, 5.74) is 0.236. The number of nitrogens with one attached hydrogen (secondary N) is 1. The maximum absolute atomic E-state index is 11.7. The van der Waals surface area contributed by atoms with Gasteiger partial charge in [0.25, 0.3) is 5.91 Å². The summed E-state index contributed by atoms with van der Waals surface area (Å²) in [6.07, 6.45) is 1.35. The van der Waals surface area contributed by atoms with Crippen molar-refractivity contribution in [1.82, 2.24) is 10.3 Å². The van der Waals surface area contributed by atoms with Gasteiger partial charge in [-0.1, -0.05) is 0 Å². The highest BCUT2D eigenvalue weighted by atomic mass is 16.4. The van der Waals surface area contributed by atoms with E-state index in [1.54, 1.807) is 11.0 Å². The van der Waals surface area contributed by atoms with Crippen molar-refractivity contribution in [1.29, 1.82) is 0 Å². The maximum atomic E-state index is 11.7. The lowest BCUT2D eigenvalue weighted by atomic mass is 10.2. The number of aliphatic hydroxyl groups excluding tert-OH is 1. The van der Waals surface area contributed by atoms with Crippen LogP contribution in [-0.2, 0) is 4.79 Å². The predicted octanol–water partition coefficient (Wildman–Crippen LogP) is -0.677. The fourth-order valence-electron chi connectivity index (χ4n) is 1.21. The summed E-state index contributed by atoms with van der Waals surface area (Å²) in [5.74, 6) is -1.19. The van der Waals surface area contributed by atoms with Crippen molar-refractivity contribution in [2.75, 3.05) is 25.6 Å². The quantitative estimate of drug-likeness (QED) is 0.642. The van der Waals surface area contributed by atoms with E-state index >= 15 is 0 Å². The van der Waals surface area contributed by atoms with Gasteiger partial charge < -0.3 is 20.4 Å². The van der Waals surface area contributed by atoms with Gasteiger partial charge >= 0.3 is 5.97 Å². The topological polar surface area (TPSA) is 103 Å². The summed E-state index contributed by atoms with van der Waals surface area (Å²) in [5, 5.41) is 19.7. The van der Waals surface area contributed by atoms with Gasteiger partial charge in [-0.2, -0.15) is 0 Å². The van der Waals surface area contributed by atoms with Crippen LogP contribution in [0, 0.1) is 0 Å². The van der Waals surface area contributed by atoms with E-state index in [-0.39, 0.29) is 5.56 Å². The van der Waals surface area contributed by atoms with Gasteiger partial charge in [-0.3, -0.25) is 4.79 Å². The zero-order valence-corrected chi connectivity index (χ0v) is 10.1. The van der Waals surface area contributed by atoms with Crippen LogP contribution in [0.1, 0.15) is 10.4 Å². The first-order valence-electron chi connectivity index (χ1n) is 5.23. The first kappa shape index (κ1) is 13.9. The molecule has 0 unspecified atom stereocenters. The lowest BCUT2D eigenvalue weighted by molar-refractivity contribution is -0.140. The molecule has 0 aliphatic rings. The molecule has 98 valence electrons. The van der Waals surface area contributed by atoms with Crippen molar-refractivity contribution >= 4 is 17.7 Å². The lowest BCUT2D eigenvalue weighted by Crippen LogP contribution is -2.43. The van der Waals surface area contributed by atoms with Gasteiger partial charge in [0.15, 0.2) is 6.04 Å². The third-order valence-corrected chi connectivity index (χ3v) is 2.25. The lowest BCUT2D eigenvalue weighted by Gasteiger charge is -2.13. The van der Waals surface area contributed by atoms with Crippen molar-refractivity contribution in [3.8, 4) is 0 Å². The minimum absolute atomic E-state index is 0.236. The molecule has 1 atom stereocenters. The number of carbonyl (C=O) groups is 2. The van der Waals surface area contributed by atoms with E-state index in [1.165, 1.54) is 12.3 Å². The summed E-state index contributed by atoms with van der Waals surface area (Å²) in [7, 11) is 3.63. The summed E-state index contributed by atoms with van der Waals surface area (Å²) in [4.78, 5) is 28.1. The number of hydrogen-bond acceptors (Lipinski definition) is 5. The molecule has 1 aromatic heterocycles. The molecule has 7 nitrogen and oxygen atoms in total. The molecule has 0 saturated carbocycles. The second-order valence-corrected chi connectivity index (χ2v) is 3.85. The standard InChI is InChI=1S/C11H15N3O4/c1-14(2)9-4-3-7(5-12-9)10(16)13-8(6-15)11(17)18/h3-5,8,15H,6H2,1-2H3,(H,13,16)(H,17,18)/t8-/m0/s1. The number of pyridine rings is 1. The second-order valence-electron chi connectivity index (χ2n) is 3.85. The van der Waals surface area contributed by atoms with Crippen LogP contribution in [-0.4, -0.2) is 53.8 Å². The number of carbonyl (C=O) groups excluding carboxylic acids is 1.